The molecule has 1 aromatic carbocycles. The Morgan fingerprint density at radius 2 is 2.20 bits per heavy atom. The lowest BCUT2D eigenvalue weighted by Gasteiger charge is -2.06. The number of aromatic nitrogens is 2. The maximum atomic E-state index is 11.8. The molecule has 20 heavy (non-hydrogen) atoms. The molecule has 106 valence electrons. The Labute approximate surface area is 120 Å². The second kappa shape index (κ2) is 6.44. The minimum absolute atomic E-state index is 0.180. The number of hydrogen-bond donors (Lipinski definition) is 3. The Morgan fingerprint density at radius 1 is 1.50 bits per heavy atom. The Morgan fingerprint density at radius 3 is 2.75 bits per heavy atom. The summed E-state index contributed by atoms with van der Waals surface area (Å²) in [5, 5.41) is 18.3. The molecule has 2 aromatic rings. The molecule has 0 saturated carbocycles. The van der Waals surface area contributed by atoms with Gasteiger partial charge in [0, 0.05) is 17.7 Å². The van der Waals surface area contributed by atoms with Crippen LogP contribution in [-0.2, 0) is 0 Å². The topological polar surface area (TPSA) is 91.1 Å². The van der Waals surface area contributed by atoms with Crippen LogP contribution in [0.5, 0.6) is 0 Å². The van der Waals surface area contributed by atoms with E-state index in [1.54, 1.807) is 31.2 Å². The van der Waals surface area contributed by atoms with Gasteiger partial charge in [-0.05, 0) is 49.8 Å². The largest absolute Gasteiger partial charge is 0.409 e. The van der Waals surface area contributed by atoms with Gasteiger partial charge in [0.1, 0.15) is 0 Å². The number of carbonyl (C=O) groups is 1. The lowest BCUT2D eigenvalue weighted by atomic mass is 10.1. The molecule has 1 aromatic heterocycles. The average molecular weight is 293 g/mol. The molecule has 6 nitrogen and oxygen atoms in total. The minimum atomic E-state index is -0.424. The van der Waals surface area contributed by atoms with Crippen molar-refractivity contribution in [1.82, 2.24) is 15.5 Å². The number of aromatic amines is 1. The summed E-state index contributed by atoms with van der Waals surface area (Å²) >= 11 is 4.80. The van der Waals surface area contributed by atoms with Gasteiger partial charge in [0.25, 0.3) is 10.7 Å². The van der Waals surface area contributed by atoms with Gasteiger partial charge in [-0.25, -0.2) is 5.10 Å². The van der Waals surface area contributed by atoms with Gasteiger partial charge in [-0.15, -0.1) is 5.10 Å². The summed E-state index contributed by atoms with van der Waals surface area (Å²) in [4.78, 5) is 12.0. The second-order valence-corrected chi connectivity index (χ2v) is 4.76. The van der Waals surface area contributed by atoms with Crippen molar-refractivity contribution < 1.29 is 14.3 Å². The second-order valence-electron chi connectivity index (χ2n) is 4.39. The van der Waals surface area contributed by atoms with Gasteiger partial charge in [0.15, 0.2) is 0 Å². The third-order valence-electron chi connectivity index (χ3n) is 2.68. The quantitative estimate of drug-likeness (QED) is 0.732. The van der Waals surface area contributed by atoms with Crippen molar-refractivity contribution in [3.63, 3.8) is 0 Å². The lowest BCUT2D eigenvalue weighted by molar-refractivity contribution is 0.0945. The van der Waals surface area contributed by atoms with Crippen LogP contribution in [0.1, 0.15) is 23.7 Å². The Balaban J connectivity index is 2.01. The van der Waals surface area contributed by atoms with Gasteiger partial charge in [0.2, 0.25) is 5.89 Å². The van der Waals surface area contributed by atoms with Crippen molar-refractivity contribution in [2.45, 2.75) is 19.4 Å². The molecular formula is C13H15N3O3S. The summed E-state index contributed by atoms with van der Waals surface area (Å²) in [5.74, 6) is 0.205. The third kappa shape index (κ3) is 3.75. The molecule has 0 fully saturated rings. The number of aliphatic hydroxyl groups excluding tert-OH is 1. The highest BCUT2D eigenvalue weighted by Crippen LogP contribution is 2.17. The molecular weight excluding hydrogens is 278 g/mol. The van der Waals surface area contributed by atoms with Crippen molar-refractivity contribution in [3.8, 4) is 11.5 Å². The molecule has 0 bridgehead atoms. The van der Waals surface area contributed by atoms with E-state index in [1.165, 1.54) is 0 Å². The molecule has 0 radical (unpaired) electrons. The van der Waals surface area contributed by atoms with Crippen LogP contribution in [0.25, 0.3) is 11.5 Å². The zero-order chi connectivity index (χ0) is 14.5. The molecule has 7 heteroatoms. The van der Waals surface area contributed by atoms with E-state index in [9.17, 15) is 4.79 Å². The highest BCUT2D eigenvalue weighted by atomic mass is 32.1. The minimum Gasteiger partial charge on any atom is -0.409 e. The van der Waals surface area contributed by atoms with Gasteiger partial charge in [-0.2, -0.15) is 0 Å². The predicted molar refractivity (Wildman–Crippen MR) is 75.8 cm³/mol. The van der Waals surface area contributed by atoms with Crippen LogP contribution < -0.4 is 5.32 Å². The van der Waals surface area contributed by atoms with Gasteiger partial charge in [-0.1, -0.05) is 0 Å². The first-order valence-corrected chi connectivity index (χ1v) is 6.59. The molecule has 0 aliphatic carbocycles. The van der Waals surface area contributed by atoms with Crippen LogP contribution in [0.2, 0.25) is 0 Å². The number of aliphatic hydroxyl groups is 1. The molecule has 0 aliphatic rings. The van der Waals surface area contributed by atoms with Crippen LogP contribution in [0, 0.1) is 4.84 Å². The maximum Gasteiger partial charge on any atom is 0.284 e. The van der Waals surface area contributed by atoms with Crippen LogP contribution in [-0.4, -0.2) is 33.9 Å². The van der Waals surface area contributed by atoms with E-state index in [2.05, 4.69) is 15.5 Å². The zero-order valence-electron chi connectivity index (χ0n) is 10.9. The van der Waals surface area contributed by atoms with E-state index < -0.39 is 6.10 Å². The van der Waals surface area contributed by atoms with Crippen LogP contribution in [0.3, 0.4) is 0 Å². The molecule has 0 spiro atoms. The van der Waals surface area contributed by atoms with Crippen molar-refractivity contribution in [1.29, 1.82) is 0 Å². The SMILES string of the molecule is CC(O)CCNC(=O)c1ccc(-c2n[nH]c(=S)o2)cc1. The van der Waals surface area contributed by atoms with E-state index >= 15 is 0 Å². The highest BCUT2D eigenvalue weighted by molar-refractivity contribution is 7.71. The summed E-state index contributed by atoms with van der Waals surface area (Å²) < 4.78 is 5.18. The lowest BCUT2D eigenvalue weighted by Crippen LogP contribution is -2.26. The van der Waals surface area contributed by atoms with Crippen molar-refractivity contribution in [3.05, 3.63) is 34.7 Å². The van der Waals surface area contributed by atoms with Gasteiger partial charge >= 0.3 is 0 Å². The molecule has 1 amide bonds. The van der Waals surface area contributed by atoms with Crippen molar-refractivity contribution >= 4 is 18.1 Å². The first-order valence-electron chi connectivity index (χ1n) is 6.18. The Kier molecular flexibility index (Phi) is 4.65. The van der Waals surface area contributed by atoms with E-state index in [1.807, 2.05) is 0 Å². The number of H-pyrrole nitrogens is 1. The first kappa shape index (κ1) is 14.4. The zero-order valence-corrected chi connectivity index (χ0v) is 11.7. The fourth-order valence-corrected chi connectivity index (χ4v) is 1.74. The standard InChI is InChI=1S/C13H15N3O3S/c1-8(17)6-7-14-11(18)9-2-4-10(5-3-9)12-15-16-13(20)19-12/h2-5,8,17H,6-7H2,1H3,(H,14,18)(H,16,20). The summed E-state index contributed by atoms with van der Waals surface area (Å²) in [5.41, 5.74) is 1.27. The van der Waals surface area contributed by atoms with Gasteiger partial charge in [0.05, 0.1) is 6.10 Å². The van der Waals surface area contributed by atoms with Crippen molar-refractivity contribution in [2.24, 2.45) is 0 Å². The fourth-order valence-electron chi connectivity index (χ4n) is 1.61. The Hall–Kier alpha value is -1.99. The monoisotopic (exact) mass is 293 g/mol. The number of rotatable bonds is 5. The van der Waals surface area contributed by atoms with Crippen LogP contribution in [0.4, 0.5) is 0 Å². The Bertz CT molecular complexity index is 631. The summed E-state index contributed by atoms with van der Waals surface area (Å²) in [7, 11) is 0. The third-order valence-corrected chi connectivity index (χ3v) is 2.85. The number of amides is 1. The fraction of sp³-hybridized carbons (Fsp3) is 0.308. The van der Waals surface area contributed by atoms with Gasteiger partial charge in [-0.3, -0.25) is 4.79 Å². The number of nitrogens with zero attached hydrogens (tertiary/aromatic N) is 1. The smallest absolute Gasteiger partial charge is 0.284 e. The van der Waals surface area contributed by atoms with E-state index in [4.69, 9.17) is 21.7 Å². The molecule has 2 rings (SSSR count). The average Bonchev–Trinajstić information content (AvgIpc) is 2.85. The molecule has 3 N–H and O–H groups in total. The first-order chi connectivity index (χ1) is 9.56. The number of carbonyl (C=O) groups excluding carboxylic acids is 1. The predicted octanol–water partition coefficient (Wildman–Crippen LogP) is 1.90. The molecule has 1 unspecified atom stereocenters. The number of nitrogens with one attached hydrogen (secondary N) is 2. The molecule has 1 heterocycles. The molecule has 0 aliphatic heterocycles. The maximum absolute atomic E-state index is 11.8. The van der Waals surface area contributed by atoms with E-state index in [-0.39, 0.29) is 10.7 Å². The van der Waals surface area contributed by atoms with Crippen LogP contribution in [0.15, 0.2) is 28.7 Å². The normalized spacial score (nSPS) is 12.1. The molecule has 1 atom stereocenters. The van der Waals surface area contributed by atoms with E-state index in [0.717, 1.165) is 5.56 Å². The number of benzene rings is 1. The van der Waals surface area contributed by atoms with Crippen molar-refractivity contribution in [2.75, 3.05) is 6.54 Å². The summed E-state index contributed by atoms with van der Waals surface area (Å²) in [6, 6.07) is 6.83. The highest BCUT2D eigenvalue weighted by Gasteiger charge is 2.08. The summed E-state index contributed by atoms with van der Waals surface area (Å²) in [6.45, 7) is 2.12. The number of hydrogen-bond acceptors (Lipinski definition) is 5. The summed E-state index contributed by atoms with van der Waals surface area (Å²) in [6.07, 6.45) is 0.101. The molecule has 0 saturated heterocycles. The van der Waals surface area contributed by atoms with Crippen LogP contribution >= 0.6 is 12.2 Å². The van der Waals surface area contributed by atoms with E-state index in [0.29, 0.717) is 24.4 Å². The van der Waals surface area contributed by atoms with Gasteiger partial charge < -0.3 is 14.8 Å².